The quantitative estimate of drug-likeness (QED) is 0.269. The molecule has 0 unspecified atom stereocenters. The number of nitro groups is 1. The van der Waals surface area contributed by atoms with Gasteiger partial charge in [0.1, 0.15) is 11.4 Å². The van der Waals surface area contributed by atoms with E-state index in [1.807, 2.05) is 4.90 Å². The lowest BCUT2D eigenvalue weighted by atomic mass is 10.1. The van der Waals surface area contributed by atoms with Gasteiger partial charge in [0.05, 0.1) is 50.1 Å². The van der Waals surface area contributed by atoms with Gasteiger partial charge < -0.3 is 24.8 Å². The van der Waals surface area contributed by atoms with Crippen molar-refractivity contribution in [3.8, 4) is 22.8 Å². The minimum Gasteiger partial charge on any atom is -0.494 e. The lowest BCUT2D eigenvalue weighted by Gasteiger charge is -2.29. The Morgan fingerprint density at radius 3 is 2.76 bits per heavy atom. The molecule has 2 aromatic heterocycles. The average molecular weight is 509 g/mol. The molecule has 0 spiro atoms. The number of hydrogen-bond acceptors (Lipinski definition) is 10. The Labute approximate surface area is 219 Å². The first-order valence-corrected chi connectivity index (χ1v) is 11.2. The van der Waals surface area contributed by atoms with Crippen LogP contribution >= 0.6 is 0 Å². The molecule has 1 aliphatic rings. The Kier molecular flexibility index (Phi) is 5.35. The Bertz CT molecular complexity index is 1650. The molecule has 2 aromatic carbocycles. The molecule has 1 saturated heterocycles. The maximum atomic E-state index is 12.0. The third-order valence-electron chi connectivity index (χ3n) is 5.66. The number of benzene rings is 2. The molecule has 0 aliphatic carbocycles. The van der Waals surface area contributed by atoms with Crippen molar-refractivity contribution in [2.45, 2.75) is 6.61 Å². The van der Waals surface area contributed by atoms with Gasteiger partial charge >= 0.3 is 0 Å². The van der Waals surface area contributed by atoms with Gasteiger partial charge in [-0.1, -0.05) is 30.2 Å². The normalized spacial score (nSPS) is 15.3. The van der Waals surface area contributed by atoms with Crippen LogP contribution in [0.15, 0.2) is 60.8 Å². The minimum absolute atomic E-state index is 0.00128. The van der Waals surface area contributed by atoms with E-state index in [0.29, 0.717) is 37.7 Å². The van der Waals surface area contributed by atoms with E-state index < -0.39 is 41.7 Å². The molecule has 1 fully saturated rings. The molecule has 3 heterocycles. The molecule has 37 heavy (non-hydrogen) atoms. The smallest absolute Gasteiger partial charge is 0.294 e. The zero-order valence-corrected chi connectivity index (χ0v) is 19.7. The van der Waals surface area contributed by atoms with Crippen molar-refractivity contribution in [1.29, 1.82) is 0 Å². The SMILES string of the molecule is [2H]c1c([2H])c([2H])c(-c2nn(-c3ccnc(Nc4cc([N+](=O)[O-])c(N5CCOCC5)cc4OC)n3)cc2CO)c([2H])c1[2H]. The number of hydrogen-bond donors (Lipinski definition) is 2. The van der Waals surface area contributed by atoms with Crippen LogP contribution in [0.1, 0.15) is 12.4 Å². The summed E-state index contributed by atoms with van der Waals surface area (Å²) < 4.78 is 52.5. The standard InChI is InChI=1S/C25H25N7O5/c1-36-22-14-20(30-9-11-37-12-10-30)21(32(34)35)13-19(22)27-25-26-8-7-23(28-25)31-15-18(16-33)24(29-31)17-5-3-2-4-6-17/h2-8,13-15,33H,9-12,16H2,1H3,(H,26,27,28)/i2D,3D,4D,5D,6D. The molecular formula is C25H25N7O5. The van der Waals surface area contributed by atoms with E-state index in [2.05, 4.69) is 20.4 Å². The molecule has 1 aliphatic heterocycles. The highest BCUT2D eigenvalue weighted by molar-refractivity contribution is 5.77. The molecule has 0 radical (unpaired) electrons. The van der Waals surface area contributed by atoms with Gasteiger partial charge in [0, 0.05) is 54.8 Å². The Morgan fingerprint density at radius 1 is 1.27 bits per heavy atom. The molecule has 0 bridgehead atoms. The summed E-state index contributed by atoms with van der Waals surface area (Å²) >= 11 is 0. The maximum Gasteiger partial charge on any atom is 0.294 e. The zero-order valence-electron chi connectivity index (χ0n) is 24.7. The second kappa shape index (κ2) is 10.6. The van der Waals surface area contributed by atoms with Gasteiger partial charge in [0.15, 0.2) is 5.82 Å². The molecule has 0 saturated carbocycles. The fraction of sp³-hybridized carbons (Fsp3) is 0.240. The van der Waals surface area contributed by atoms with Gasteiger partial charge in [-0.15, -0.1) is 0 Å². The van der Waals surface area contributed by atoms with Gasteiger partial charge in [-0.2, -0.15) is 10.1 Å². The second-order valence-electron chi connectivity index (χ2n) is 7.87. The minimum atomic E-state index is -0.543. The third kappa shape index (κ3) is 5.06. The predicted octanol–water partition coefficient (Wildman–Crippen LogP) is 3.32. The number of methoxy groups -OCH3 is 1. The fourth-order valence-corrected chi connectivity index (χ4v) is 3.91. The van der Waals surface area contributed by atoms with Crippen LogP contribution in [-0.4, -0.2) is 63.2 Å². The molecule has 12 heteroatoms. The van der Waals surface area contributed by atoms with Crippen molar-refractivity contribution in [3.63, 3.8) is 0 Å². The molecule has 12 nitrogen and oxygen atoms in total. The lowest BCUT2D eigenvalue weighted by Crippen LogP contribution is -2.36. The molecule has 4 aromatic rings. The summed E-state index contributed by atoms with van der Waals surface area (Å²) in [6.07, 6.45) is 2.84. The number of nitrogens with one attached hydrogen (secondary N) is 1. The van der Waals surface area contributed by atoms with E-state index in [9.17, 15) is 15.2 Å². The zero-order chi connectivity index (χ0) is 30.1. The number of nitro benzene ring substituents is 1. The van der Waals surface area contributed by atoms with Gasteiger partial charge in [0.25, 0.3) is 5.69 Å². The summed E-state index contributed by atoms with van der Waals surface area (Å²) in [5.41, 5.74) is 0.549. The van der Waals surface area contributed by atoms with Crippen molar-refractivity contribution in [2.24, 2.45) is 0 Å². The highest BCUT2D eigenvalue weighted by Gasteiger charge is 2.25. The van der Waals surface area contributed by atoms with Crippen molar-refractivity contribution in [3.05, 3.63) is 76.5 Å². The highest BCUT2D eigenvalue weighted by atomic mass is 16.6. The fourth-order valence-electron chi connectivity index (χ4n) is 3.91. The summed E-state index contributed by atoms with van der Waals surface area (Å²) in [5.74, 6) is 0.574. The van der Waals surface area contributed by atoms with E-state index in [0.717, 1.165) is 0 Å². The van der Waals surface area contributed by atoms with Crippen LogP contribution < -0.4 is 15.0 Å². The monoisotopic (exact) mass is 508 g/mol. The second-order valence-corrected chi connectivity index (χ2v) is 7.87. The first kappa shape index (κ1) is 18.7. The highest BCUT2D eigenvalue weighted by Crippen LogP contribution is 2.39. The predicted molar refractivity (Wildman–Crippen MR) is 136 cm³/mol. The van der Waals surface area contributed by atoms with Gasteiger partial charge in [-0.3, -0.25) is 10.1 Å². The Hall–Kier alpha value is -4.55. The molecule has 5 rings (SSSR count). The van der Waals surface area contributed by atoms with Crippen molar-refractivity contribution in [2.75, 3.05) is 43.6 Å². The van der Waals surface area contributed by atoms with Crippen LogP contribution in [-0.2, 0) is 11.3 Å². The molecular weight excluding hydrogens is 478 g/mol. The average Bonchev–Trinajstić information content (AvgIpc) is 3.43. The number of rotatable bonds is 8. The molecule has 0 amide bonds. The van der Waals surface area contributed by atoms with Crippen LogP contribution in [0.4, 0.5) is 23.0 Å². The number of anilines is 3. The largest absolute Gasteiger partial charge is 0.494 e. The van der Waals surface area contributed by atoms with Crippen molar-refractivity contribution < 1.29 is 26.4 Å². The molecule has 0 atom stereocenters. The van der Waals surface area contributed by atoms with Gasteiger partial charge in [0.2, 0.25) is 5.95 Å². The summed E-state index contributed by atoms with van der Waals surface area (Å²) in [6.45, 7) is 1.36. The maximum absolute atomic E-state index is 12.0. The Balaban J connectivity index is 1.52. The number of morpholine rings is 1. The van der Waals surface area contributed by atoms with E-state index in [1.54, 1.807) is 6.07 Å². The van der Waals surface area contributed by atoms with Gasteiger partial charge in [-0.05, 0) is 0 Å². The number of nitrogens with zero attached hydrogens (tertiary/aromatic N) is 6. The number of aliphatic hydroxyl groups is 1. The number of ether oxygens (including phenoxy) is 2. The summed E-state index contributed by atoms with van der Waals surface area (Å²) in [4.78, 5) is 21.9. The van der Waals surface area contributed by atoms with E-state index >= 15 is 0 Å². The number of aliphatic hydroxyl groups excluding tert-OH is 1. The van der Waals surface area contributed by atoms with E-state index in [1.165, 1.54) is 36.3 Å². The van der Waals surface area contributed by atoms with Crippen LogP contribution in [0.5, 0.6) is 5.75 Å². The topological polar surface area (TPSA) is 141 Å². The molecule has 190 valence electrons. The van der Waals surface area contributed by atoms with Crippen LogP contribution in [0.3, 0.4) is 0 Å². The van der Waals surface area contributed by atoms with Crippen LogP contribution in [0.2, 0.25) is 0 Å². The lowest BCUT2D eigenvalue weighted by molar-refractivity contribution is -0.384. The Morgan fingerprint density at radius 2 is 2.05 bits per heavy atom. The number of aromatic nitrogens is 4. The third-order valence-corrected chi connectivity index (χ3v) is 5.66. The van der Waals surface area contributed by atoms with Crippen LogP contribution in [0, 0.1) is 10.1 Å². The van der Waals surface area contributed by atoms with Gasteiger partial charge in [-0.25, -0.2) is 9.67 Å². The first-order valence-electron chi connectivity index (χ1n) is 13.7. The summed E-state index contributed by atoms with van der Waals surface area (Å²) in [7, 11) is 1.44. The van der Waals surface area contributed by atoms with E-state index in [4.69, 9.17) is 16.3 Å². The van der Waals surface area contributed by atoms with Crippen molar-refractivity contribution >= 4 is 23.0 Å². The van der Waals surface area contributed by atoms with Crippen LogP contribution in [0.25, 0.3) is 17.1 Å². The first-order chi connectivity index (χ1) is 20.1. The van der Waals surface area contributed by atoms with E-state index in [-0.39, 0.29) is 40.0 Å². The summed E-state index contributed by atoms with van der Waals surface area (Å²) in [5, 5.41) is 29.3. The summed E-state index contributed by atoms with van der Waals surface area (Å²) in [6, 6.07) is 1.91. The van der Waals surface area contributed by atoms with Crippen molar-refractivity contribution in [1.82, 2.24) is 19.7 Å². The molecule has 2 N–H and O–H groups in total.